The molecule has 1 nitrogen and oxygen atoms in total. The van der Waals surface area contributed by atoms with Crippen LogP contribution < -0.4 is 0 Å². The van der Waals surface area contributed by atoms with E-state index in [2.05, 4.69) is 46.8 Å². The quantitative estimate of drug-likeness (QED) is 0.311. The summed E-state index contributed by atoms with van der Waals surface area (Å²) in [4.78, 5) is 0. The first kappa shape index (κ1) is 20.1. The van der Waals surface area contributed by atoms with Gasteiger partial charge < -0.3 is 4.74 Å². The fourth-order valence-corrected chi connectivity index (χ4v) is 3.87. The van der Waals surface area contributed by atoms with Crippen LogP contribution in [0.3, 0.4) is 0 Å². The maximum absolute atomic E-state index is 6.25. The standard InChI is InChI=1S/C18H38OS/c1-8-9-10-11-14-18(4,5)19-16-20(6,7)15-12-13-17(2)3/h2,8-16H2,1,3-7H3. The van der Waals surface area contributed by atoms with Crippen molar-refractivity contribution in [1.29, 1.82) is 0 Å². The molecule has 122 valence electrons. The van der Waals surface area contributed by atoms with E-state index in [0.717, 1.165) is 12.4 Å². The zero-order valence-electron chi connectivity index (χ0n) is 14.9. The number of allylic oxidation sites excluding steroid dienone is 1. The Balaban J connectivity index is 3.93. The molecule has 20 heavy (non-hydrogen) atoms. The van der Waals surface area contributed by atoms with Crippen LogP contribution in [0.15, 0.2) is 12.2 Å². The van der Waals surface area contributed by atoms with Crippen LogP contribution in [0.5, 0.6) is 0 Å². The Bertz CT molecular complexity index is 269. The molecule has 0 N–H and O–H groups in total. The van der Waals surface area contributed by atoms with E-state index in [4.69, 9.17) is 4.74 Å². The first-order valence-corrected chi connectivity index (χ1v) is 10.9. The molecule has 0 aliphatic heterocycles. The zero-order valence-corrected chi connectivity index (χ0v) is 15.7. The predicted octanol–water partition coefficient (Wildman–Crippen LogP) is 6.13. The van der Waals surface area contributed by atoms with Crippen LogP contribution in [0, 0.1) is 0 Å². The molecule has 0 atom stereocenters. The predicted molar refractivity (Wildman–Crippen MR) is 97.1 cm³/mol. The average molecular weight is 303 g/mol. The number of rotatable bonds is 12. The van der Waals surface area contributed by atoms with E-state index in [1.165, 1.54) is 49.9 Å². The molecular weight excluding hydrogens is 264 g/mol. The number of unbranched alkanes of at least 4 members (excludes halogenated alkanes) is 3. The van der Waals surface area contributed by atoms with Crippen LogP contribution in [-0.2, 0) is 4.74 Å². The van der Waals surface area contributed by atoms with E-state index in [1.807, 2.05) is 0 Å². The van der Waals surface area contributed by atoms with Gasteiger partial charge in [0.1, 0.15) is 0 Å². The van der Waals surface area contributed by atoms with Crippen molar-refractivity contribution in [2.75, 3.05) is 24.2 Å². The lowest BCUT2D eigenvalue weighted by molar-refractivity contribution is 0.00222. The highest BCUT2D eigenvalue weighted by Crippen LogP contribution is 2.42. The van der Waals surface area contributed by atoms with Gasteiger partial charge in [0.2, 0.25) is 0 Å². The Hall–Kier alpha value is 0.0500. The molecule has 0 amide bonds. The first-order chi connectivity index (χ1) is 9.18. The third-order valence-corrected chi connectivity index (χ3v) is 5.85. The van der Waals surface area contributed by atoms with Crippen LogP contribution in [0.4, 0.5) is 0 Å². The molecule has 0 aromatic heterocycles. The average Bonchev–Trinajstić information content (AvgIpc) is 2.32. The second-order valence-electron chi connectivity index (χ2n) is 7.36. The minimum atomic E-state index is -0.609. The van der Waals surface area contributed by atoms with Gasteiger partial charge in [-0.1, -0.05) is 38.2 Å². The molecule has 0 aromatic rings. The Labute approximate surface area is 129 Å². The summed E-state index contributed by atoms with van der Waals surface area (Å²) in [6.45, 7) is 12.9. The van der Waals surface area contributed by atoms with E-state index in [1.54, 1.807) is 0 Å². The number of hydrogen-bond acceptors (Lipinski definition) is 1. The smallest absolute Gasteiger partial charge is 0.0773 e. The van der Waals surface area contributed by atoms with Gasteiger partial charge in [0.25, 0.3) is 0 Å². The van der Waals surface area contributed by atoms with Gasteiger partial charge in [-0.3, -0.25) is 0 Å². The molecule has 0 spiro atoms. The van der Waals surface area contributed by atoms with Crippen LogP contribution >= 0.6 is 10.0 Å². The van der Waals surface area contributed by atoms with Gasteiger partial charge in [-0.2, -0.15) is 0 Å². The van der Waals surface area contributed by atoms with Crippen LogP contribution in [-0.4, -0.2) is 29.8 Å². The van der Waals surface area contributed by atoms with Gasteiger partial charge >= 0.3 is 0 Å². The summed E-state index contributed by atoms with van der Waals surface area (Å²) in [5.41, 5.74) is 1.35. The van der Waals surface area contributed by atoms with Crippen molar-refractivity contribution in [1.82, 2.24) is 0 Å². The van der Waals surface area contributed by atoms with Crippen molar-refractivity contribution >= 4 is 10.0 Å². The second-order valence-corrected chi connectivity index (χ2v) is 11.5. The maximum atomic E-state index is 6.25. The van der Waals surface area contributed by atoms with Gasteiger partial charge in [0, 0.05) is 0 Å². The van der Waals surface area contributed by atoms with Gasteiger partial charge in [-0.05, 0) is 58.3 Å². The zero-order chi connectivity index (χ0) is 15.6. The highest BCUT2D eigenvalue weighted by atomic mass is 32.3. The monoisotopic (exact) mass is 302 g/mol. The molecule has 0 saturated heterocycles. The molecule has 0 aromatic carbocycles. The maximum Gasteiger partial charge on any atom is 0.0773 e. The van der Waals surface area contributed by atoms with Crippen molar-refractivity contribution in [2.24, 2.45) is 0 Å². The minimum Gasteiger partial charge on any atom is -0.366 e. The topological polar surface area (TPSA) is 9.23 Å². The van der Waals surface area contributed by atoms with E-state index < -0.39 is 10.0 Å². The fourth-order valence-electron chi connectivity index (χ4n) is 2.19. The fraction of sp³-hybridized carbons (Fsp3) is 0.889. The summed E-state index contributed by atoms with van der Waals surface area (Å²) >= 11 is 0. The van der Waals surface area contributed by atoms with E-state index in [0.29, 0.717) is 0 Å². The van der Waals surface area contributed by atoms with Gasteiger partial charge in [-0.25, -0.2) is 10.0 Å². The molecule has 0 heterocycles. The van der Waals surface area contributed by atoms with Gasteiger partial charge in [-0.15, -0.1) is 6.58 Å². The molecule has 0 fully saturated rings. The molecule has 0 unspecified atom stereocenters. The van der Waals surface area contributed by atoms with Crippen molar-refractivity contribution in [3.05, 3.63) is 12.2 Å². The molecule has 0 saturated carbocycles. The summed E-state index contributed by atoms with van der Waals surface area (Å²) in [5, 5.41) is 0. The van der Waals surface area contributed by atoms with Gasteiger partial charge in [0.05, 0.1) is 11.5 Å². The van der Waals surface area contributed by atoms with Gasteiger partial charge in [0.15, 0.2) is 0 Å². The third kappa shape index (κ3) is 11.8. The first-order valence-electron chi connectivity index (χ1n) is 8.15. The molecule has 0 rings (SSSR count). The van der Waals surface area contributed by atoms with Crippen LogP contribution in [0.25, 0.3) is 0 Å². The molecule has 0 radical (unpaired) electrons. The molecule has 0 aliphatic carbocycles. The molecule has 2 heteroatoms. The van der Waals surface area contributed by atoms with E-state index in [-0.39, 0.29) is 5.60 Å². The van der Waals surface area contributed by atoms with Crippen LogP contribution in [0.1, 0.15) is 72.6 Å². The SMILES string of the molecule is C=C(C)CCCS(C)(C)COC(C)(C)CCCCCC. The summed E-state index contributed by atoms with van der Waals surface area (Å²) < 4.78 is 6.25. The largest absolute Gasteiger partial charge is 0.366 e. The van der Waals surface area contributed by atoms with E-state index >= 15 is 0 Å². The highest BCUT2D eigenvalue weighted by molar-refractivity contribution is 8.32. The van der Waals surface area contributed by atoms with E-state index in [9.17, 15) is 0 Å². The molecule has 0 bridgehead atoms. The molecule has 0 aliphatic rings. The summed E-state index contributed by atoms with van der Waals surface area (Å²) in [6, 6.07) is 0. The van der Waals surface area contributed by atoms with Crippen molar-refractivity contribution in [2.45, 2.75) is 78.2 Å². The van der Waals surface area contributed by atoms with Crippen molar-refractivity contribution < 1.29 is 4.74 Å². The lowest BCUT2D eigenvalue weighted by Crippen LogP contribution is -2.27. The Morgan fingerprint density at radius 2 is 1.75 bits per heavy atom. The number of hydrogen-bond donors (Lipinski definition) is 0. The lowest BCUT2D eigenvalue weighted by Gasteiger charge is -2.36. The normalized spacial score (nSPS) is 13.5. The Kier molecular flexibility index (Phi) is 9.92. The summed E-state index contributed by atoms with van der Waals surface area (Å²) in [6.07, 6.45) is 13.7. The highest BCUT2D eigenvalue weighted by Gasteiger charge is 2.21. The summed E-state index contributed by atoms with van der Waals surface area (Å²) in [5.74, 6) is 2.25. The molecular formula is C18H38OS. The Morgan fingerprint density at radius 3 is 2.30 bits per heavy atom. The third-order valence-electron chi connectivity index (χ3n) is 3.70. The van der Waals surface area contributed by atoms with Crippen molar-refractivity contribution in [3.63, 3.8) is 0 Å². The van der Waals surface area contributed by atoms with Crippen molar-refractivity contribution in [3.8, 4) is 0 Å². The minimum absolute atomic E-state index is 0.0480. The van der Waals surface area contributed by atoms with Crippen LogP contribution in [0.2, 0.25) is 0 Å². The lowest BCUT2D eigenvalue weighted by atomic mass is 10.0. The Morgan fingerprint density at radius 1 is 1.10 bits per heavy atom. The summed E-state index contributed by atoms with van der Waals surface area (Å²) in [7, 11) is -0.609. The number of ether oxygens (including phenoxy) is 1. The second kappa shape index (κ2) is 9.89.